The third-order valence-corrected chi connectivity index (χ3v) is 4.07. The van der Waals surface area contributed by atoms with Gasteiger partial charge in [0, 0.05) is 11.3 Å². The maximum absolute atomic E-state index is 10.8. The molecule has 0 saturated heterocycles. The lowest BCUT2D eigenvalue weighted by molar-refractivity contribution is -0.921. The van der Waals surface area contributed by atoms with Gasteiger partial charge in [-0.3, -0.25) is 0 Å². The second-order valence-corrected chi connectivity index (χ2v) is 4.63. The van der Waals surface area contributed by atoms with E-state index in [1.807, 2.05) is 6.07 Å². The van der Waals surface area contributed by atoms with Crippen molar-refractivity contribution < 1.29 is 9.66 Å². The number of hydrogen-bond donors (Lipinski definition) is 1. The molecule has 0 aromatic heterocycles. The Kier molecular flexibility index (Phi) is 6.08. The molecule has 2 rings (SSSR count). The van der Waals surface area contributed by atoms with Crippen molar-refractivity contribution in [3.05, 3.63) is 29.5 Å². The quantitative estimate of drug-likeness (QED) is 0.660. The molecule has 0 saturated carbocycles. The van der Waals surface area contributed by atoms with E-state index in [0.29, 0.717) is 11.4 Å². The molecular formula is C14H25N4O+. The molecule has 0 fully saturated rings. The molecule has 0 spiro atoms. The Balaban J connectivity index is 0.000000192. The molecule has 1 heterocycles. The van der Waals surface area contributed by atoms with E-state index in [4.69, 9.17) is 0 Å². The minimum atomic E-state index is -0.240. The minimum Gasteiger partial charge on any atom is -0.600 e. The largest absolute Gasteiger partial charge is 0.600 e. The van der Waals surface area contributed by atoms with Gasteiger partial charge >= 0.3 is 0 Å². The van der Waals surface area contributed by atoms with Crippen LogP contribution in [0.15, 0.2) is 34.6 Å². The molecule has 1 aliphatic rings. The monoisotopic (exact) mass is 265 g/mol. The second kappa shape index (κ2) is 7.33. The summed E-state index contributed by atoms with van der Waals surface area (Å²) >= 11 is 0. The third kappa shape index (κ3) is 3.83. The fourth-order valence-corrected chi connectivity index (χ4v) is 2.24. The minimum absolute atomic E-state index is 0.240. The first-order valence-corrected chi connectivity index (χ1v) is 7.02. The van der Waals surface area contributed by atoms with Crippen molar-refractivity contribution in [1.29, 1.82) is 0 Å². The molecule has 1 N–H and O–H groups in total. The Bertz CT molecular complexity index is 398. The van der Waals surface area contributed by atoms with Gasteiger partial charge in [-0.2, -0.15) is 5.17 Å². The zero-order chi connectivity index (χ0) is 14.3. The highest BCUT2D eigenvalue weighted by atomic mass is 16.5. The van der Waals surface area contributed by atoms with E-state index < -0.39 is 0 Å². The third-order valence-electron chi connectivity index (χ3n) is 4.07. The number of rotatable bonds is 4. The Labute approximate surface area is 115 Å². The number of benzene rings is 1. The fraction of sp³-hybridized carbons (Fsp3) is 0.571. The van der Waals surface area contributed by atoms with Gasteiger partial charge < -0.3 is 9.69 Å². The molecule has 19 heavy (non-hydrogen) atoms. The van der Waals surface area contributed by atoms with Gasteiger partial charge in [0.2, 0.25) is 0 Å². The Morgan fingerprint density at radius 2 is 1.53 bits per heavy atom. The Hall–Kier alpha value is -1.30. The van der Waals surface area contributed by atoms with E-state index >= 15 is 0 Å². The summed E-state index contributed by atoms with van der Waals surface area (Å²) in [4.78, 5) is 0. The summed E-state index contributed by atoms with van der Waals surface area (Å²) in [5.74, 6) is 0. The first-order valence-electron chi connectivity index (χ1n) is 7.02. The van der Waals surface area contributed by atoms with Crippen molar-refractivity contribution >= 4 is 11.4 Å². The van der Waals surface area contributed by atoms with Crippen LogP contribution in [0.2, 0.25) is 0 Å². The molecule has 5 nitrogen and oxygen atoms in total. The van der Waals surface area contributed by atoms with Crippen LogP contribution < -0.4 is 5.17 Å². The standard InChI is InChI=1S/C8H20N.C6H5N3O/c1-5-9(6-2,7-3)8-4;10-9-6-4-2-1-3-5(6)7-8-9/h5-8H2,1-4H3;1-4,9H/q+1;. The van der Waals surface area contributed by atoms with Crippen LogP contribution in [0.3, 0.4) is 0 Å². The molecule has 1 aromatic rings. The molecule has 106 valence electrons. The van der Waals surface area contributed by atoms with Crippen LogP contribution in [-0.4, -0.2) is 30.7 Å². The first kappa shape index (κ1) is 15.8. The number of hydrogen-bond acceptors (Lipinski definition) is 3. The Morgan fingerprint density at radius 1 is 1.00 bits per heavy atom. The smallest absolute Gasteiger partial charge is 0.187 e. The first-order chi connectivity index (χ1) is 9.12. The van der Waals surface area contributed by atoms with Crippen LogP contribution in [0.5, 0.6) is 0 Å². The molecular weight excluding hydrogens is 240 g/mol. The Morgan fingerprint density at radius 3 is 1.95 bits per heavy atom. The zero-order valence-corrected chi connectivity index (χ0v) is 12.4. The van der Waals surface area contributed by atoms with E-state index in [9.17, 15) is 5.21 Å². The van der Waals surface area contributed by atoms with Crippen LogP contribution in [0.1, 0.15) is 27.7 Å². The van der Waals surface area contributed by atoms with Gasteiger partial charge in [0.05, 0.1) is 26.2 Å². The van der Waals surface area contributed by atoms with Crippen LogP contribution in [0, 0.1) is 5.21 Å². The summed E-state index contributed by atoms with van der Waals surface area (Å²) in [5, 5.41) is 17.6. The van der Waals surface area contributed by atoms with Crippen LogP contribution in [-0.2, 0) is 0 Å². The summed E-state index contributed by atoms with van der Waals surface area (Å²) in [7, 11) is 0. The molecule has 0 amide bonds. The lowest BCUT2D eigenvalue weighted by atomic mass is 10.3. The second-order valence-electron chi connectivity index (χ2n) is 4.63. The van der Waals surface area contributed by atoms with Gasteiger partial charge in [-0.05, 0) is 33.8 Å². The molecule has 0 aliphatic carbocycles. The van der Waals surface area contributed by atoms with Gasteiger partial charge in [-0.1, -0.05) is 17.2 Å². The topological polar surface area (TPSA) is 52.2 Å². The van der Waals surface area contributed by atoms with Crippen LogP contribution in [0.25, 0.3) is 0 Å². The van der Waals surface area contributed by atoms with Gasteiger partial charge in [0.25, 0.3) is 0 Å². The van der Waals surface area contributed by atoms with Crippen molar-refractivity contribution in [2.45, 2.75) is 27.7 Å². The van der Waals surface area contributed by atoms with Gasteiger partial charge in [0.1, 0.15) is 0 Å². The van der Waals surface area contributed by atoms with E-state index in [2.05, 4.69) is 38.0 Å². The predicted octanol–water partition coefficient (Wildman–Crippen LogP) is 2.60. The van der Waals surface area contributed by atoms with E-state index in [0.717, 1.165) is 0 Å². The number of fused-ring (bicyclic) bond motifs is 1. The average molecular weight is 265 g/mol. The molecule has 5 heteroatoms. The molecule has 1 aromatic carbocycles. The van der Waals surface area contributed by atoms with Crippen LogP contribution >= 0.6 is 0 Å². The summed E-state index contributed by atoms with van der Waals surface area (Å²) in [6.45, 7) is 14.2. The van der Waals surface area contributed by atoms with E-state index in [1.54, 1.807) is 18.2 Å². The van der Waals surface area contributed by atoms with Gasteiger partial charge in [-0.15, -0.1) is 0 Å². The summed E-state index contributed by atoms with van der Waals surface area (Å²) in [6.07, 6.45) is 0. The maximum Gasteiger partial charge on any atom is 0.187 e. The van der Waals surface area contributed by atoms with Crippen molar-refractivity contribution in [2.75, 3.05) is 26.2 Å². The zero-order valence-electron chi connectivity index (χ0n) is 12.4. The average Bonchev–Trinajstić information content (AvgIpc) is 2.85. The molecule has 1 atom stereocenters. The van der Waals surface area contributed by atoms with Crippen molar-refractivity contribution in [1.82, 2.24) is 0 Å². The van der Waals surface area contributed by atoms with Gasteiger partial charge in [0.15, 0.2) is 11.4 Å². The van der Waals surface area contributed by atoms with E-state index in [-0.39, 0.29) is 5.17 Å². The number of nitrogens with zero attached hydrogens (tertiary/aromatic N) is 3. The van der Waals surface area contributed by atoms with Gasteiger partial charge in [-0.25, -0.2) is 0 Å². The molecule has 1 unspecified atom stereocenters. The fourth-order valence-electron chi connectivity index (χ4n) is 2.24. The van der Waals surface area contributed by atoms with Crippen molar-refractivity contribution in [3.63, 3.8) is 0 Å². The SMILES string of the molecule is CC[N+](CC)(CC)CC.[O-][NH+]1N=Nc2ccccc21. The summed E-state index contributed by atoms with van der Waals surface area (Å²) in [5.41, 5.74) is 1.27. The molecule has 0 radical (unpaired) electrons. The van der Waals surface area contributed by atoms with Crippen LogP contribution in [0.4, 0.5) is 11.4 Å². The summed E-state index contributed by atoms with van der Waals surface area (Å²) < 4.78 is 1.28. The van der Waals surface area contributed by atoms with Crippen molar-refractivity contribution in [3.8, 4) is 0 Å². The summed E-state index contributed by atoms with van der Waals surface area (Å²) in [6, 6.07) is 7.12. The number of quaternary nitrogens is 2. The highest BCUT2D eigenvalue weighted by Crippen LogP contribution is 2.23. The van der Waals surface area contributed by atoms with E-state index in [1.165, 1.54) is 30.7 Å². The number of nitrogens with one attached hydrogen (secondary N) is 1. The highest BCUT2D eigenvalue weighted by Gasteiger charge is 2.16. The predicted molar refractivity (Wildman–Crippen MR) is 77.4 cm³/mol. The van der Waals surface area contributed by atoms with Crippen molar-refractivity contribution in [2.24, 2.45) is 10.3 Å². The molecule has 0 bridgehead atoms. The lowest BCUT2D eigenvalue weighted by Crippen LogP contribution is -2.95. The molecule has 1 aliphatic heterocycles. The maximum atomic E-state index is 10.8. The normalized spacial score (nSPS) is 16.8. The highest BCUT2D eigenvalue weighted by molar-refractivity contribution is 5.56. The lowest BCUT2D eigenvalue weighted by Gasteiger charge is -2.34.